The number of carbonyl (C=O) groups is 1. The summed E-state index contributed by atoms with van der Waals surface area (Å²) < 4.78 is 28.0. The Kier molecular flexibility index (Phi) is 7.68. The first-order valence-electron chi connectivity index (χ1n) is 9.54. The zero-order valence-electron chi connectivity index (χ0n) is 15.8. The van der Waals surface area contributed by atoms with E-state index in [0.29, 0.717) is 24.6 Å². The molecule has 1 aromatic carbocycles. The van der Waals surface area contributed by atoms with Crippen LogP contribution in [0.3, 0.4) is 0 Å². The summed E-state index contributed by atoms with van der Waals surface area (Å²) in [4.78, 5) is 14.8. The molecule has 0 radical (unpaired) electrons. The Morgan fingerprint density at radius 3 is 2.59 bits per heavy atom. The first-order chi connectivity index (χ1) is 12.4. The fraction of sp³-hybridized carbons (Fsp3) is 0.632. The van der Waals surface area contributed by atoms with Crippen molar-refractivity contribution >= 4 is 28.3 Å². The van der Waals surface area contributed by atoms with Crippen molar-refractivity contribution < 1.29 is 13.2 Å². The van der Waals surface area contributed by atoms with Gasteiger partial charge in [-0.05, 0) is 56.7 Å². The zero-order valence-corrected chi connectivity index (χ0v) is 17.4. The summed E-state index contributed by atoms with van der Waals surface area (Å²) in [5.41, 5.74) is 6.42. The molecule has 2 atom stereocenters. The maximum Gasteiger partial charge on any atom is 0.253 e. The fourth-order valence-electron chi connectivity index (χ4n) is 3.93. The number of nitrogens with two attached hydrogens (primary N) is 1. The highest BCUT2D eigenvalue weighted by molar-refractivity contribution is 7.89. The molecule has 0 aromatic heterocycles. The van der Waals surface area contributed by atoms with Gasteiger partial charge in [-0.15, -0.1) is 12.4 Å². The predicted molar refractivity (Wildman–Crippen MR) is 109 cm³/mol. The average molecular weight is 416 g/mol. The number of rotatable bonds is 5. The lowest BCUT2D eigenvalue weighted by Gasteiger charge is -2.34. The first-order valence-corrected chi connectivity index (χ1v) is 11.0. The van der Waals surface area contributed by atoms with Crippen molar-refractivity contribution in [3.63, 3.8) is 0 Å². The second-order valence-electron chi connectivity index (χ2n) is 7.64. The molecular formula is C19H30ClN3O3S. The Morgan fingerprint density at radius 2 is 1.93 bits per heavy atom. The number of nitrogens with zero attached hydrogens (tertiary/aromatic N) is 1. The number of hydrogen-bond donors (Lipinski definition) is 2. The fourth-order valence-corrected chi connectivity index (χ4v) is 5.28. The Hall–Kier alpha value is -1.15. The molecule has 1 amide bonds. The molecule has 1 aliphatic carbocycles. The minimum atomic E-state index is -3.60. The van der Waals surface area contributed by atoms with E-state index in [9.17, 15) is 13.2 Å². The molecule has 1 aliphatic heterocycles. The van der Waals surface area contributed by atoms with Gasteiger partial charge in [-0.3, -0.25) is 4.79 Å². The highest BCUT2D eigenvalue weighted by atomic mass is 35.5. The van der Waals surface area contributed by atoms with Crippen molar-refractivity contribution in [2.24, 2.45) is 11.7 Å². The SMILES string of the molecule is CC(N)C1CCCN(C(=O)c2cccc(S(=O)(=O)NC3CCCC3)c2)C1.Cl. The van der Waals surface area contributed by atoms with Crippen molar-refractivity contribution in [2.45, 2.75) is 62.4 Å². The predicted octanol–water partition coefficient (Wildman–Crippen LogP) is 2.53. The van der Waals surface area contributed by atoms with E-state index in [0.717, 1.165) is 38.5 Å². The van der Waals surface area contributed by atoms with Crippen LogP contribution >= 0.6 is 12.4 Å². The van der Waals surface area contributed by atoms with Gasteiger partial charge in [0, 0.05) is 30.7 Å². The Bertz CT molecular complexity index is 748. The summed E-state index contributed by atoms with van der Waals surface area (Å²) in [5.74, 6) is 0.178. The molecule has 27 heavy (non-hydrogen) atoms. The van der Waals surface area contributed by atoms with Crippen molar-refractivity contribution in [3.8, 4) is 0 Å². The Morgan fingerprint density at radius 1 is 1.22 bits per heavy atom. The van der Waals surface area contributed by atoms with Crippen LogP contribution in [0, 0.1) is 5.92 Å². The topological polar surface area (TPSA) is 92.5 Å². The number of piperidine rings is 1. The smallest absolute Gasteiger partial charge is 0.253 e. The van der Waals surface area contributed by atoms with Crippen LogP contribution in [-0.4, -0.2) is 44.4 Å². The third-order valence-corrected chi connectivity index (χ3v) is 7.08. The molecule has 1 aromatic rings. The molecule has 1 heterocycles. The van der Waals surface area contributed by atoms with E-state index < -0.39 is 10.0 Å². The molecule has 3 rings (SSSR count). The van der Waals surface area contributed by atoms with Gasteiger partial charge in [0.25, 0.3) is 5.91 Å². The van der Waals surface area contributed by atoms with Gasteiger partial charge in [0.15, 0.2) is 0 Å². The molecule has 152 valence electrons. The van der Waals surface area contributed by atoms with Gasteiger partial charge >= 0.3 is 0 Å². The standard InChI is InChI=1S/C19H29N3O3S.ClH/c1-14(20)16-7-5-11-22(13-16)19(23)15-6-4-10-18(12-15)26(24,25)21-17-8-2-3-9-17;/h4,6,10,12,14,16-17,21H,2-3,5,7-9,11,13,20H2,1H3;1H. The van der Waals surface area contributed by atoms with Crippen molar-refractivity contribution in [3.05, 3.63) is 29.8 Å². The molecule has 8 heteroatoms. The molecule has 1 saturated carbocycles. The summed E-state index contributed by atoms with van der Waals surface area (Å²) >= 11 is 0. The maximum atomic E-state index is 12.9. The number of amides is 1. The van der Waals surface area contributed by atoms with Crippen LogP contribution in [0.2, 0.25) is 0 Å². The third-order valence-electron chi connectivity index (χ3n) is 5.56. The van der Waals surface area contributed by atoms with E-state index in [1.54, 1.807) is 23.1 Å². The Balaban J connectivity index is 0.00000261. The molecule has 2 unspecified atom stereocenters. The van der Waals surface area contributed by atoms with Gasteiger partial charge in [0.1, 0.15) is 0 Å². The Labute approximate surface area is 168 Å². The minimum absolute atomic E-state index is 0. The number of likely N-dealkylation sites (tertiary alicyclic amines) is 1. The number of halogens is 1. The third kappa shape index (κ3) is 5.44. The van der Waals surface area contributed by atoms with E-state index in [4.69, 9.17) is 5.73 Å². The van der Waals surface area contributed by atoms with Crippen molar-refractivity contribution in [1.29, 1.82) is 0 Å². The summed E-state index contributed by atoms with van der Waals surface area (Å²) in [7, 11) is -3.60. The van der Waals surface area contributed by atoms with Crippen LogP contribution in [0.1, 0.15) is 55.8 Å². The molecule has 2 fully saturated rings. The lowest BCUT2D eigenvalue weighted by Crippen LogP contribution is -2.45. The molecule has 1 saturated heterocycles. The van der Waals surface area contributed by atoms with E-state index in [1.807, 2.05) is 6.92 Å². The van der Waals surface area contributed by atoms with Crippen LogP contribution in [0.15, 0.2) is 29.2 Å². The van der Waals surface area contributed by atoms with Gasteiger partial charge < -0.3 is 10.6 Å². The second kappa shape index (κ2) is 9.37. The highest BCUT2D eigenvalue weighted by Crippen LogP contribution is 2.23. The summed E-state index contributed by atoms with van der Waals surface area (Å²) in [6, 6.07) is 6.43. The van der Waals surface area contributed by atoms with Crippen LogP contribution in [0.25, 0.3) is 0 Å². The van der Waals surface area contributed by atoms with Crippen LogP contribution in [0.5, 0.6) is 0 Å². The zero-order chi connectivity index (χ0) is 18.7. The van der Waals surface area contributed by atoms with E-state index in [1.165, 1.54) is 6.07 Å². The lowest BCUT2D eigenvalue weighted by molar-refractivity contribution is 0.0660. The second-order valence-corrected chi connectivity index (χ2v) is 9.36. The molecular weight excluding hydrogens is 386 g/mol. The van der Waals surface area contributed by atoms with E-state index in [2.05, 4.69) is 4.72 Å². The van der Waals surface area contributed by atoms with Gasteiger partial charge in [0.2, 0.25) is 10.0 Å². The van der Waals surface area contributed by atoms with Crippen LogP contribution < -0.4 is 10.5 Å². The maximum absolute atomic E-state index is 12.9. The van der Waals surface area contributed by atoms with E-state index >= 15 is 0 Å². The molecule has 6 nitrogen and oxygen atoms in total. The van der Waals surface area contributed by atoms with E-state index in [-0.39, 0.29) is 35.3 Å². The van der Waals surface area contributed by atoms with Crippen LogP contribution in [0.4, 0.5) is 0 Å². The monoisotopic (exact) mass is 415 g/mol. The highest BCUT2D eigenvalue weighted by Gasteiger charge is 2.28. The van der Waals surface area contributed by atoms with Gasteiger partial charge in [-0.2, -0.15) is 0 Å². The number of benzene rings is 1. The molecule has 0 bridgehead atoms. The molecule has 3 N–H and O–H groups in total. The quantitative estimate of drug-likeness (QED) is 0.772. The van der Waals surface area contributed by atoms with Crippen LogP contribution in [-0.2, 0) is 10.0 Å². The van der Waals surface area contributed by atoms with Gasteiger partial charge in [0.05, 0.1) is 4.90 Å². The summed E-state index contributed by atoms with van der Waals surface area (Å²) in [5, 5.41) is 0. The van der Waals surface area contributed by atoms with Gasteiger partial charge in [-0.25, -0.2) is 13.1 Å². The largest absolute Gasteiger partial charge is 0.338 e. The molecule has 0 spiro atoms. The minimum Gasteiger partial charge on any atom is -0.338 e. The average Bonchev–Trinajstić information content (AvgIpc) is 3.13. The summed E-state index contributed by atoms with van der Waals surface area (Å²) in [6.07, 6.45) is 5.83. The number of carbonyl (C=O) groups excluding carboxylic acids is 1. The number of sulfonamides is 1. The van der Waals surface area contributed by atoms with Gasteiger partial charge in [-0.1, -0.05) is 18.9 Å². The first kappa shape index (κ1) is 22.1. The number of hydrogen-bond acceptors (Lipinski definition) is 4. The number of nitrogens with one attached hydrogen (secondary N) is 1. The van der Waals surface area contributed by atoms with Crippen molar-refractivity contribution in [1.82, 2.24) is 9.62 Å². The summed E-state index contributed by atoms with van der Waals surface area (Å²) in [6.45, 7) is 3.30. The molecule has 2 aliphatic rings. The normalized spacial score (nSPS) is 22.3. The lowest BCUT2D eigenvalue weighted by atomic mass is 9.92. The van der Waals surface area contributed by atoms with Crippen molar-refractivity contribution in [2.75, 3.05) is 13.1 Å².